The Morgan fingerprint density at radius 2 is 1.89 bits per heavy atom. The average molecular weight is 274 g/mol. The number of benzene rings is 2. The summed E-state index contributed by atoms with van der Waals surface area (Å²) in [5.74, 6) is -0.354. The first-order valence-corrected chi connectivity index (χ1v) is 6.39. The summed E-state index contributed by atoms with van der Waals surface area (Å²) in [4.78, 5) is 0.196. The molecule has 0 amide bonds. The molecule has 3 N–H and O–H groups in total. The van der Waals surface area contributed by atoms with Crippen molar-refractivity contribution in [3.63, 3.8) is 0 Å². The van der Waals surface area contributed by atoms with E-state index < -0.39 is 0 Å². The van der Waals surface area contributed by atoms with Crippen molar-refractivity contribution < 1.29 is 4.39 Å². The van der Waals surface area contributed by atoms with Crippen molar-refractivity contribution in [1.29, 1.82) is 0 Å². The molecule has 0 aliphatic carbocycles. The van der Waals surface area contributed by atoms with Crippen LogP contribution in [-0.4, -0.2) is 4.99 Å². The predicted molar refractivity (Wildman–Crippen MR) is 80.8 cm³/mol. The van der Waals surface area contributed by atoms with E-state index in [9.17, 15) is 4.39 Å². The highest BCUT2D eigenvalue weighted by Gasteiger charge is 2.09. The first-order valence-electron chi connectivity index (χ1n) is 5.99. The maximum absolute atomic E-state index is 13.9. The van der Waals surface area contributed by atoms with Gasteiger partial charge in [-0.3, -0.25) is 0 Å². The molecular formula is C15H15FN2S. The Hall–Kier alpha value is -1.94. The van der Waals surface area contributed by atoms with E-state index in [0.717, 1.165) is 5.56 Å². The molecule has 0 bridgehead atoms. The third-order valence-electron chi connectivity index (χ3n) is 2.93. The van der Waals surface area contributed by atoms with E-state index in [1.807, 2.05) is 37.3 Å². The predicted octanol–water partition coefficient (Wildman–Crippen LogP) is 3.63. The number of hydrogen-bond acceptors (Lipinski definition) is 2. The minimum atomic E-state index is -0.354. The fourth-order valence-electron chi connectivity index (χ4n) is 1.84. The van der Waals surface area contributed by atoms with Gasteiger partial charge in [0.25, 0.3) is 0 Å². The highest BCUT2D eigenvalue weighted by atomic mass is 32.1. The Morgan fingerprint density at radius 1 is 1.21 bits per heavy atom. The molecule has 0 heterocycles. The lowest BCUT2D eigenvalue weighted by molar-refractivity contribution is 0.627. The van der Waals surface area contributed by atoms with E-state index in [1.165, 1.54) is 6.07 Å². The molecule has 0 saturated carbocycles. The SMILES string of the molecule is CC(Nc1ccc(C(N)=S)cc1F)c1ccccc1. The molecule has 98 valence electrons. The lowest BCUT2D eigenvalue weighted by atomic mass is 10.1. The number of thiocarbonyl (C=S) groups is 1. The van der Waals surface area contributed by atoms with E-state index in [2.05, 4.69) is 5.32 Å². The third kappa shape index (κ3) is 3.29. The largest absolute Gasteiger partial charge is 0.389 e. The van der Waals surface area contributed by atoms with Gasteiger partial charge in [0.2, 0.25) is 0 Å². The number of halogens is 1. The standard InChI is InChI=1S/C15H15FN2S/c1-10(11-5-3-2-4-6-11)18-14-8-7-12(15(17)19)9-13(14)16/h2-10,18H,1H3,(H2,17,19). The van der Waals surface area contributed by atoms with Crippen LogP contribution in [0.25, 0.3) is 0 Å². The van der Waals surface area contributed by atoms with Gasteiger partial charge < -0.3 is 11.1 Å². The Morgan fingerprint density at radius 3 is 2.47 bits per heavy atom. The van der Waals surface area contributed by atoms with Crippen LogP contribution in [0.1, 0.15) is 24.1 Å². The topological polar surface area (TPSA) is 38.0 Å². The molecule has 1 atom stereocenters. The van der Waals surface area contributed by atoms with Crippen LogP contribution in [-0.2, 0) is 0 Å². The van der Waals surface area contributed by atoms with Gasteiger partial charge in [0.05, 0.1) is 5.69 Å². The van der Waals surface area contributed by atoms with E-state index in [0.29, 0.717) is 11.3 Å². The van der Waals surface area contributed by atoms with Crippen LogP contribution in [0, 0.1) is 5.82 Å². The summed E-state index contributed by atoms with van der Waals surface area (Å²) < 4.78 is 13.9. The summed E-state index contributed by atoms with van der Waals surface area (Å²) in [6, 6.07) is 14.6. The van der Waals surface area contributed by atoms with E-state index in [1.54, 1.807) is 12.1 Å². The van der Waals surface area contributed by atoms with Gasteiger partial charge in [-0.2, -0.15) is 0 Å². The fourth-order valence-corrected chi connectivity index (χ4v) is 1.97. The average Bonchev–Trinajstić information content (AvgIpc) is 2.41. The zero-order valence-electron chi connectivity index (χ0n) is 10.6. The van der Waals surface area contributed by atoms with Crippen LogP contribution in [0.4, 0.5) is 10.1 Å². The van der Waals surface area contributed by atoms with E-state index in [4.69, 9.17) is 18.0 Å². The Labute approximate surface area is 117 Å². The van der Waals surface area contributed by atoms with Crippen molar-refractivity contribution >= 4 is 22.9 Å². The highest BCUT2D eigenvalue weighted by Crippen LogP contribution is 2.22. The molecule has 4 heteroatoms. The van der Waals surface area contributed by atoms with Gasteiger partial charge in [-0.1, -0.05) is 42.5 Å². The maximum Gasteiger partial charge on any atom is 0.147 e. The van der Waals surface area contributed by atoms with E-state index in [-0.39, 0.29) is 16.8 Å². The normalized spacial score (nSPS) is 11.9. The molecule has 2 rings (SSSR count). The second kappa shape index (κ2) is 5.80. The van der Waals surface area contributed by atoms with Crippen LogP contribution < -0.4 is 11.1 Å². The van der Waals surface area contributed by atoms with Gasteiger partial charge in [0.15, 0.2) is 0 Å². The molecule has 0 aliphatic heterocycles. The molecule has 0 aliphatic rings. The summed E-state index contributed by atoms with van der Waals surface area (Å²) in [5, 5.41) is 3.13. The highest BCUT2D eigenvalue weighted by molar-refractivity contribution is 7.80. The van der Waals surface area contributed by atoms with Crippen LogP contribution in [0.15, 0.2) is 48.5 Å². The van der Waals surface area contributed by atoms with Crippen molar-refractivity contribution in [2.75, 3.05) is 5.32 Å². The monoisotopic (exact) mass is 274 g/mol. The lowest BCUT2D eigenvalue weighted by Crippen LogP contribution is -2.11. The van der Waals surface area contributed by atoms with Crippen molar-refractivity contribution in [2.24, 2.45) is 5.73 Å². The van der Waals surface area contributed by atoms with Crippen LogP contribution >= 0.6 is 12.2 Å². The molecule has 0 spiro atoms. The summed E-state index contributed by atoms with van der Waals surface area (Å²) in [6.45, 7) is 1.98. The number of rotatable bonds is 4. The Kier molecular flexibility index (Phi) is 4.12. The van der Waals surface area contributed by atoms with Crippen molar-refractivity contribution in [3.8, 4) is 0 Å². The number of hydrogen-bond donors (Lipinski definition) is 2. The number of anilines is 1. The zero-order valence-corrected chi connectivity index (χ0v) is 11.4. The van der Waals surface area contributed by atoms with Crippen molar-refractivity contribution in [3.05, 3.63) is 65.5 Å². The minimum Gasteiger partial charge on any atom is -0.389 e. The molecule has 19 heavy (non-hydrogen) atoms. The zero-order chi connectivity index (χ0) is 13.8. The van der Waals surface area contributed by atoms with Gasteiger partial charge in [-0.25, -0.2) is 4.39 Å². The smallest absolute Gasteiger partial charge is 0.147 e. The fraction of sp³-hybridized carbons (Fsp3) is 0.133. The molecule has 2 aromatic carbocycles. The molecule has 0 fully saturated rings. The molecule has 0 radical (unpaired) electrons. The molecule has 2 nitrogen and oxygen atoms in total. The Bertz CT molecular complexity index is 584. The van der Waals surface area contributed by atoms with Gasteiger partial charge in [-0.15, -0.1) is 0 Å². The quantitative estimate of drug-likeness (QED) is 0.836. The number of nitrogens with two attached hydrogens (primary N) is 1. The molecular weight excluding hydrogens is 259 g/mol. The lowest BCUT2D eigenvalue weighted by Gasteiger charge is -2.16. The van der Waals surface area contributed by atoms with Gasteiger partial charge >= 0.3 is 0 Å². The summed E-state index contributed by atoms with van der Waals surface area (Å²) >= 11 is 4.82. The third-order valence-corrected chi connectivity index (χ3v) is 3.16. The van der Waals surface area contributed by atoms with Gasteiger partial charge in [0, 0.05) is 11.6 Å². The second-order valence-corrected chi connectivity index (χ2v) is 4.78. The summed E-state index contributed by atoms with van der Waals surface area (Å²) in [6.07, 6.45) is 0. The first-order chi connectivity index (χ1) is 9.08. The molecule has 2 aromatic rings. The maximum atomic E-state index is 13.9. The van der Waals surface area contributed by atoms with Crippen molar-refractivity contribution in [1.82, 2.24) is 0 Å². The first kappa shape index (κ1) is 13.5. The second-order valence-electron chi connectivity index (χ2n) is 4.34. The van der Waals surface area contributed by atoms with Gasteiger partial charge in [-0.05, 0) is 30.7 Å². The van der Waals surface area contributed by atoms with Gasteiger partial charge in [0.1, 0.15) is 10.8 Å². The Balaban J connectivity index is 2.18. The minimum absolute atomic E-state index is 0.0198. The molecule has 1 unspecified atom stereocenters. The summed E-state index contributed by atoms with van der Waals surface area (Å²) in [5.41, 5.74) is 7.54. The van der Waals surface area contributed by atoms with Crippen LogP contribution in [0.5, 0.6) is 0 Å². The number of nitrogens with one attached hydrogen (secondary N) is 1. The van der Waals surface area contributed by atoms with Crippen molar-refractivity contribution in [2.45, 2.75) is 13.0 Å². The van der Waals surface area contributed by atoms with Crippen LogP contribution in [0.2, 0.25) is 0 Å². The van der Waals surface area contributed by atoms with E-state index >= 15 is 0 Å². The van der Waals surface area contributed by atoms with Crippen LogP contribution in [0.3, 0.4) is 0 Å². The molecule has 0 saturated heterocycles. The molecule has 0 aromatic heterocycles. The summed E-state index contributed by atoms with van der Waals surface area (Å²) in [7, 11) is 0.